The van der Waals surface area contributed by atoms with Crippen molar-refractivity contribution in [1.29, 1.82) is 0 Å². The normalized spacial score (nSPS) is 22.9. The van der Waals surface area contributed by atoms with Gasteiger partial charge in [0.15, 0.2) is 0 Å². The van der Waals surface area contributed by atoms with Gasteiger partial charge in [-0.05, 0) is 46.5 Å². The lowest BCUT2D eigenvalue weighted by molar-refractivity contribution is -0.139. The van der Waals surface area contributed by atoms with Crippen LogP contribution in [0.25, 0.3) is 11.3 Å². The van der Waals surface area contributed by atoms with Gasteiger partial charge in [0.25, 0.3) is 11.8 Å². The summed E-state index contributed by atoms with van der Waals surface area (Å²) < 4.78 is 10.6. The summed E-state index contributed by atoms with van der Waals surface area (Å²) in [6.45, 7) is 0. The van der Waals surface area contributed by atoms with Gasteiger partial charge in [0.05, 0.1) is 30.7 Å². The number of rotatable bonds is 4. The van der Waals surface area contributed by atoms with E-state index >= 15 is 0 Å². The lowest BCUT2D eigenvalue weighted by Crippen LogP contribution is -2.41. The van der Waals surface area contributed by atoms with E-state index in [2.05, 4.69) is 29.4 Å². The minimum atomic E-state index is -0.477. The molecule has 2 bridgehead atoms. The van der Waals surface area contributed by atoms with E-state index in [1.807, 2.05) is 24.3 Å². The van der Waals surface area contributed by atoms with Crippen LogP contribution in [0.2, 0.25) is 0 Å². The average molecular weight is 503 g/mol. The number of furan rings is 1. The third-order valence-electron chi connectivity index (χ3n) is 7.94. The third kappa shape index (κ3) is 3.14. The lowest BCUT2D eigenvalue weighted by atomic mass is 9.55. The third-order valence-corrected chi connectivity index (χ3v) is 7.94. The van der Waals surface area contributed by atoms with Crippen LogP contribution in [0.1, 0.15) is 50.2 Å². The van der Waals surface area contributed by atoms with Crippen molar-refractivity contribution in [3.05, 3.63) is 119 Å². The molecule has 0 saturated carbocycles. The molecular formula is C31H22N2O5. The number of methoxy groups -OCH3 is 1. The molecule has 1 saturated heterocycles. The first-order valence-electron chi connectivity index (χ1n) is 12.4. The largest absolute Gasteiger partial charge is 0.465 e. The minimum Gasteiger partial charge on any atom is -0.465 e. The average Bonchev–Trinajstić information content (AvgIpc) is 3.54. The van der Waals surface area contributed by atoms with Gasteiger partial charge in [0.2, 0.25) is 0 Å². The van der Waals surface area contributed by atoms with Crippen molar-refractivity contribution in [2.24, 2.45) is 16.9 Å². The number of esters is 1. The summed E-state index contributed by atoms with van der Waals surface area (Å²) in [5.74, 6) is -1.29. The van der Waals surface area contributed by atoms with Crippen LogP contribution in [-0.4, -0.2) is 36.1 Å². The topological polar surface area (TPSA) is 89.2 Å². The van der Waals surface area contributed by atoms with Gasteiger partial charge in [-0.15, -0.1) is 0 Å². The molecule has 0 radical (unpaired) electrons. The molecule has 1 aliphatic heterocycles. The van der Waals surface area contributed by atoms with Gasteiger partial charge in [0.1, 0.15) is 11.5 Å². The molecule has 4 aromatic rings. The fourth-order valence-electron chi connectivity index (χ4n) is 6.36. The number of amides is 2. The maximum Gasteiger partial charge on any atom is 0.337 e. The number of nitrogens with zero attached hydrogens (tertiary/aromatic N) is 2. The van der Waals surface area contributed by atoms with Gasteiger partial charge in [-0.25, -0.2) is 4.79 Å². The molecule has 7 heteroatoms. The van der Waals surface area contributed by atoms with Crippen molar-refractivity contribution in [3.63, 3.8) is 0 Å². The van der Waals surface area contributed by atoms with Gasteiger partial charge in [0, 0.05) is 17.4 Å². The second-order valence-corrected chi connectivity index (χ2v) is 9.77. The Balaban J connectivity index is 1.18. The van der Waals surface area contributed by atoms with Crippen LogP contribution in [-0.2, 0) is 14.3 Å². The second kappa shape index (κ2) is 8.38. The predicted molar refractivity (Wildman–Crippen MR) is 138 cm³/mol. The molecule has 0 unspecified atom stereocenters. The number of hydrogen-bond acceptors (Lipinski definition) is 6. The summed E-state index contributed by atoms with van der Waals surface area (Å²) >= 11 is 0. The molecule has 4 aliphatic rings. The molecular weight excluding hydrogens is 480 g/mol. The van der Waals surface area contributed by atoms with Crippen LogP contribution in [0, 0.1) is 11.8 Å². The van der Waals surface area contributed by atoms with E-state index in [0.29, 0.717) is 17.1 Å². The summed E-state index contributed by atoms with van der Waals surface area (Å²) in [7, 11) is 1.33. The smallest absolute Gasteiger partial charge is 0.337 e. The molecule has 8 rings (SSSR count). The maximum atomic E-state index is 13.6. The van der Waals surface area contributed by atoms with Crippen molar-refractivity contribution < 1.29 is 23.5 Å². The van der Waals surface area contributed by atoms with Gasteiger partial charge in [-0.3, -0.25) is 9.59 Å². The van der Waals surface area contributed by atoms with Crippen molar-refractivity contribution >= 4 is 24.0 Å². The van der Waals surface area contributed by atoms with Crippen molar-refractivity contribution in [1.82, 2.24) is 5.01 Å². The van der Waals surface area contributed by atoms with E-state index in [9.17, 15) is 14.4 Å². The Morgan fingerprint density at radius 1 is 0.789 bits per heavy atom. The van der Waals surface area contributed by atoms with Crippen LogP contribution in [0.4, 0.5) is 0 Å². The van der Waals surface area contributed by atoms with E-state index < -0.39 is 17.8 Å². The Labute approximate surface area is 218 Å². The fourth-order valence-corrected chi connectivity index (χ4v) is 6.36. The maximum absolute atomic E-state index is 13.6. The Morgan fingerprint density at radius 2 is 1.32 bits per heavy atom. The van der Waals surface area contributed by atoms with Crippen molar-refractivity contribution in [2.75, 3.05) is 7.11 Å². The summed E-state index contributed by atoms with van der Waals surface area (Å²) in [4.78, 5) is 39.0. The zero-order valence-corrected chi connectivity index (χ0v) is 20.4. The Hall–Kier alpha value is -4.78. The number of ether oxygens (including phenoxy) is 1. The first kappa shape index (κ1) is 22.4. The zero-order chi connectivity index (χ0) is 26.0. The highest BCUT2D eigenvalue weighted by Gasteiger charge is 2.61. The number of carbonyl (C=O) groups is 3. The molecule has 3 aromatic carbocycles. The molecule has 1 aromatic heterocycles. The van der Waals surface area contributed by atoms with Crippen LogP contribution < -0.4 is 0 Å². The van der Waals surface area contributed by atoms with E-state index in [0.717, 1.165) is 32.8 Å². The second-order valence-electron chi connectivity index (χ2n) is 9.77. The highest BCUT2D eigenvalue weighted by Crippen LogP contribution is 2.60. The summed E-state index contributed by atoms with van der Waals surface area (Å²) in [6, 6.07) is 26.6. The Morgan fingerprint density at radius 3 is 1.82 bits per heavy atom. The van der Waals surface area contributed by atoms with Gasteiger partial charge >= 0.3 is 5.97 Å². The number of imide groups is 1. The monoisotopic (exact) mass is 502 g/mol. The molecule has 2 amide bonds. The summed E-state index contributed by atoms with van der Waals surface area (Å²) in [5, 5.41) is 5.34. The Kier molecular flexibility index (Phi) is 4.94. The first-order chi connectivity index (χ1) is 18.6. The summed E-state index contributed by atoms with van der Waals surface area (Å²) in [6.07, 6.45) is 1.40. The quantitative estimate of drug-likeness (QED) is 0.224. The van der Waals surface area contributed by atoms with E-state index in [1.165, 1.54) is 13.3 Å². The molecule has 2 atom stereocenters. The molecule has 2 heterocycles. The molecule has 186 valence electrons. The fraction of sp³-hybridized carbons (Fsp3) is 0.161. The Bertz CT molecular complexity index is 1540. The first-order valence-corrected chi connectivity index (χ1v) is 12.4. The minimum absolute atomic E-state index is 0.169. The van der Waals surface area contributed by atoms with Crippen LogP contribution in [0.5, 0.6) is 0 Å². The molecule has 1 fully saturated rings. The van der Waals surface area contributed by atoms with E-state index in [1.54, 1.807) is 36.4 Å². The number of hydrogen-bond donors (Lipinski definition) is 0. The molecule has 38 heavy (non-hydrogen) atoms. The zero-order valence-electron chi connectivity index (χ0n) is 20.4. The highest BCUT2D eigenvalue weighted by atomic mass is 16.5. The number of carbonyl (C=O) groups excluding carboxylic acids is 3. The van der Waals surface area contributed by atoms with Crippen LogP contribution in [0.15, 0.2) is 94.4 Å². The van der Waals surface area contributed by atoms with E-state index in [4.69, 9.17) is 9.15 Å². The molecule has 0 spiro atoms. The molecule has 0 N–H and O–H groups in total. The standard InChI is InChI=1S/C31H22N2O5/c1-37-31(36)18-12-10-17(11-13-18)24-15-14-19(38-24)16-32-33-29(34)27-25-20-6-2-3-7-21(20)26(28(27)30(33)35)23-9-5-4-8-22(23)25/h2-16,25-28H,1H3/b32-16-/t25?,26?,27-,28-/m1/s1. The van der Waals surface area contributed by atoms with Gasteiger partial charge < -0.3 is 9.15 Å². The molecule has 7 nitrogen and oxygen atoms in total. The SMILES string of the molecule is COC(=O)c1ccc(-c2ccc(/C=N\N3C(=O)[C@@H]4C5c6ccccc6C(c6ccccc65)[C@H]4C3=O)o2)cc1. The highest BCUT2D eigenvalue weighted by molar-refractivity contribution is 6.08. The lowest BCUT2D eigenvalue weighted by Gasteiger charge is -2.45. The number of benzene rings is 3. The van der Waals surface area contributed by atoms with Crippen molar-refractivity contribution in [3.8, 4) is 11.3 Å². The van der Waals surface area contributed by atoms with Crippen LogP contribution >= 0.6 is 0 Å². The van der Waals surface area contributed by atoms with Gasteiger partial charge in [-0.2, -0.15) is 10.1 Å². The molecule has 3 aliphatic carbocycles. The summed E-state index contributed by atoms with van der Waals surface area (Å²) in [5.41, 5.74) is 5.70. The number of hydrazone groups is 1. The van der Waals surface area contributed by atoms with Gasteiger partial charge in [-0.1, -0.05) is 60.7 Å². The van der Waals surface area contributed by atoms with E-state index in [-0.39, 0.29) is 23.7 Å². The van der Waals surface area contributed by atoms with Crippen molar-refractivity contribution in [2.45, 2.75) is 11.8 Å². The van der Waals surface area contributed by atoms with Crippen LogP contribution in [0.3, 0.4) is 0 Å². The predicted octanol–water partition coefficient (Wildman–Crippen LogP) is 4.96.